The van der Waals surface area contributed by atoms with Gasteiger partial charge in [0.15, 0.2) is 0 Å². The Balaban J connectivity index is 1.77. The third kappa shape index (κ3) is 2.78. The van der Waals surface area contributed by atoms with E-state index < -0.39 is 17.6 Å². The van der Waals surface area contributed by atoms with Gasteiger partial charge in [-0.2, -0.15) is 0 Å². The summed E-state index contributed by atoms with van der Waals surface area (Å²) in [5, 5.41) is 2.91. The third-order valence-electron chi connectivity index (χ3n) is 3.07. The zero-order valence-corrected chi connectivity index (χ0v) is 11.6. The van der Waals surface area contributed by atoms with E-state index in [-0.39, 0.29) is 12.2 Å². The summed E-state index contributed by atoms with van der Waals surface area (Å²) in [7, 11) is 0. The van der Waals surface area contributed by atoms with Gasteiger partial charge in [0.2, 0.25) is 0 Å². The molecule has 5 heteroatoms. The van der Waals surface area contributed by atoms with Crippen LogP contribution in [-0.4, -0.2) is 5.97 Å². The van der Waals surface area contributed by atoms with E-state index in [1.54, 1.807) is 11.3 Å². The van der Waals surface area contributed by atoms with Crippen LogP contribution in [-0.2, 0) is 11.3 Å². The maximum atomic E-state index is 13.5. The average molecular weight is 304 g/mol. The number of fused-ring (bicyclic) bond motifs is 1. The van der Waals surface area contributed by atoms with Crippen molar-refractivity contribution in [2.45, 2.75) is 6.61 Å². The van der Waals surface area contributed by atoms with Crippen LogP contribution in [0.1, 0.15) is 15.9 Å². The van der Waals surface area contributed by atoms with E-state index in [4.69, 9.17) is 4.74 Å². The molecule has 0 aliphatic rings. The monoisotopic (exact) mass is 304 g/mol. The van der Waals surface area contributed by atoms with Gasteiger partial charge in [-0.3, -0.25) is 0 Å². The predicted molar refractivity (Wildman–Crippen MR) is 77.3 cm³/mol. The third-order valence-corrected chi connectivity index (χ3v) is 4.08. The summed E-state index contributed by atoms with van der Waals surface area (Å²) < 4.78 is 32.5. The minimum Gasteiger partial charge on any atom is -0.457 e. The van der Waals surface area contributed by atoms with Crippen LogP contribution in [0.25, 0.3) is 10.1 Å². The van der Waals surface area contributed by atoms with Crippen molar-refractivity contribution in [2.24, 2.45) is 0 Å². The standard InChI is InChI=1S/C16H10F2O2S/c17-11-5-6-13(14(18)7-11)16(19)20-8-10-9-21-15-4-2-1-3-12(10)15/h1-7,9H,8H2. The second kappa shape index (κ2) is 5.61. The fraction of sp³-hybridized carbons (Fsp3) is 0.0625. The van der Waals surface area contributed by atoms with Crippen LogP contribution in [0, 0.1) is 11.6 Å². The molecule has 3 rings (SSSR count). The predicted octanol–water partition coefficient (Wildman–Crippen LogP) is 4.54. The lowest BCUT2D eigenvalue weighted by Gasteiger charge is -2.05. The van der Waals surface area contributed by atoms with E-state index in [0.29, 0.717) is 6.07 Å². The van der Waals surface area contributed by atoms with E-state index >= 15 is 0 Å². The molecular weight excluding hydrogens is 294 g/mol. The first-order chi connectivity index (χ1) is 10.1. The second-order valence-electron chi connectivity index (χ2n) is 4.46. The van der Waals surface area contributed by atoms with Gasteiger partial charge < -0.3 is 4.74 Å². The van der Waals surface area contributed by atoms with E-state index in [0.717, 1.165) is 27.8 Å². The number of esters is 1. The molecule has 0 aliphatic heterocycles. The Hall–Kier alpha value is -2.27. The molecule has 0 fully saturated rings. The minimum atomic E-state index is -0.921. The maximum Gasteiger partial charge on any atom is 0.341 e. The van der Waals surface area contributed by atoms with Crippen molar-refractivity contribution in [1.29, 1.82) is 0 Å². The largest absolute Gasteiger partial charge is 0.457 e. The van der Waals surface area contributed by atoms with Crippen molar-refractivity contribution in [2.75, 3.05) is 0 Å². The Morgan fingerprint density at radius 1 is 1.14 bits per heavy atom. The summed E-state index contributed by atoms with van der Waals surface area (Å²) in [4.78, 5) is 11.8. The lowest BCUT2D eigenvalue weighted by molar-refractivity contribution is 0.0469. The number of carbonyl (C=O) groups is 1. The molecule has 0 spiro atoms. The van der Waals surface area contributed by atoms with Gasteiger partial charge in [0.1, 0.15) is 18.2 Å². The van der Waals surface area contributed by atoms with Crippen molar-refractivity contribution in [3.05, 3.63) is 70.6 Å². The van der Waals surface area contributed by atoms with Gasteiger partial charge in [-0.05, 0) is 29.0 Å². The molecule has 0 bridgehead atoms. The van der Waals surface area contributed by atoms with Crippen molar-refractivity contribution in [3.8, 4) is 0 Å². The highest BCUT2D eigenvalue weighted by atomic mass is 32.1. The molecule has 0 saturated carbocycles. The molecule has 2 aromatic carbocycles. The van der Waals surface area contributed by atoms with Crippen molar-refractivity contribution in [1.82, 2.24) is 0 Å². The van der Waals surface area contributed by atoms with Crippen LogP contribution in [0.15, 0.2) is 47.8 Å². The Kier molecular flexibility index (Phi) is 3.66. The quantitative estimate of drug-likeness (QED) is 0.664. The number of ether oxygens (including phenoxy) is 1. The molecule has 21 heavy (non-hydrogen) atoms. The molecule has 2 nitrogen and oxygen atoms in total. The van der Waals surface area contributed by atoms with Gasteiger partial charge in [0, 0.05) is 16.3 Å². The van der Waals surface area contributed by atoms with Crippen LogP contribution < -0.4 is 0 Å². The lowest BCUT2D eigenvalue weighted by Crippen LogP contribution is -2.07. The first-order valence-corrected chi connectivity index (χ1v) is 7.10. The lowest BCUT2D eigenvalue weighted by atomic mass is 10.2. The molecular formula is C16H10F2O2S. The molecule has 106 valence electrons. The average Bonchev–Trinajstić information content (AvgIpc) is 2.88. The molecule has 0 aliphatic carbocycles. The highest BCUT2D eigenvalue weighted by molar-refractivity contribution is 7.17. The zero-order valence-electron chi connectivity index (χ0n) is 10.8. The Labute approximate surface area is 123 Å². The van der Waals surface area contributed by atoms with Crippen LogP contribution in [0.2, 0.25) is 0 Å². The van der Waals surface area contributed by atoms with E-state index in [2.05, 4.69) is 0 Å². The molecule has 1 heterocycles. The normalized spacial score (nSPS) is 10.8. The number of thiophene rings is 1. The Morgan fingerprint density at radius 2 is 1.95 bits per heavy atom. The van der Waals surface area contributed by atoms with E-state index in [1.165, 1.54) is 0 Å². The van der Waals surface area contributed by atoms with Crippen molar-refractivity contribution < 1.29 is 18.3 Å². The maximum absolute atomic E-state index is 13.5. The van der Waals surface area contributed by atoms with Gasteiger partial charge in [0.25, 0.3) is 0 Å². The Morgan fingerprint density at radius 3 is 2.76 bits per heavy atom. The zero-order chi connectivity index (χ0) is 14.8. The smallest absolute Gasteiger partial charge is 0.341 e. The minimum absolute atomic E-state index is 0.0552. The summed E-state index contributed by atoms with van der Waals surface area (Å²) in [6.45, 7) is 0.0552. The highest BCUT2D eigenvalue weighted by Crippen LogP contribution is 2.26. The Bertz CT molecular complexity index is 811. The summed E-state index contributed by atoms with van der Waals surface area (Å²) in [5.41, 5.74) is 0.599. The van der Waals surface area contributed by atoms with Gasteiger partial charge >= 0.3 is 5.97 Å². The number of carbonyl (C=O) groups excluding carboxylic acids is 1. The van der Waals surface area contributed by atoms with Gasteiger partial charge in [-0.1, -0.05) is 18.2 Å². The van der Waals surface area contributed by atoms with Gasteiger partial charge in [0.05, 0.1) is 5.56 Å². The summed E-state index contributed by atoms with van der Waals surface area (Å²) >= 11 is 1.55. The molecule has 0 saturated heterocycles. The molecule has 1 aromatic heterocycles. The SMILES string of the molecule is O=C(OCc1csc2ccccc12)c1ccc(F)cc1F. The fourth-order valence-corrected chi connectivity index (χ4v) is 2.97. The van der Waals surface area contributed by atoms with Crippen LogP contribution in [0.5, 0.6) is 0 Å². The van der Waals surface area contributed by atoms with E-state index in [1.807, 2.05) is 29.6 Å². The summed E-state index contributed by atoms with van der Waals surface area (Å²) in [6, 6.07) is 10.5. The number of hydrogen-bond donors (Lipinski definition) is 0. The van der Waals surface area contributed by atoms with Crippen LogP contribution in [0.4, 0.5) is 8.78 Å². The van der Waals surface area contributed by atoms with Gasteiger partial charge in [-0.25, -0.2) is 13.6 Å². The highest BCUT2D eigenvalue weighted by Gasteiger charge is 2.14. The summed E-state index contributed by atoms with van der Waals surface area (Å²) in [6.07, 6.45) is 0. The molecule has 3 aromatic rings. The first-order valence-electron chi connectivity index (χ1n) is 6.22. The van der Waals surface area contributed by atoms with E-state index in [9.17, 15) is 13.6 Å². The number of halogens is 2. The topological polar surface area (TPSA) is 26.3 Å². The van der Waals surface area contributed by atoms with Gasteiger partial charge in [-0.15, -0.1) is 11.3 Å². The first kappa shape index (κ1) is 13.7. The fourth-order valence-electron chi connectivity index (χ4n) is 2.02. The van der Waals surface area contributed by atoms with Crippen LogP contribution >= 0.6 is 11.3 Å². The molecule has 0 unspecified atom stereocenters. The molecule has 0 radical (unpaired) electrons. The molecule has 0 atom stereocenters. The number of rotatable bonds is 3. The van der Waals surface area contributed by atoms with Crippen LogP contribution in [0.3, 0.4) is 0 Å². The summed E-state index contributed by atoms with van der Waals surface area (Å²) in [5.74, 6) is -2.45. The van der Waals surface area contributed by atoms with Crippen molar-refractivity contribution in [3.63, 3.8) is 0 Å². The molecule has 0 N–H and O–H groups in total. The van der Waals surface area contributed by atoms with Crippen molar-refractivity contribution >= 4 is 27.4 Å². The number of benzene rings is 2. The number of hydrogen-bond acceptors (Lipinski definition) is 3. The molecule has 0 amide bonds. The second-order valence-corrected chi connectivity index (χ2v) is 5.37.